The van der Waals surface area contributed by atoms with Crippen molar-refractivity contribution in [1.82, 2.24) is 14.5 Å². The van der Waals surface area contributed by atoms with E-state index in [9.17, 15) is 13.2 Å². The summed E-state index contributed by atoms with van der Waals surface area (Å²) in [7, 11) is -3.03. The van der Waals surface area contributed by atoms with Crippen LogP contribution in [0.5, 0.6) is 0 Å². The van der Waals surface area contributed by atoms with Crippen molar-refractivity contribution >= 4 is 27.5 Å². The van der Waals surface area contributed by atoms with Crippen molar-refractivity contribution < 1.29 is 13.2 Å². The first-order valence-electron chi connectivity index (χ1n) is 10.6. The van der Waals surface area contributed by atoms with Gasteiger partial charge in [0.2, 0.25) is 5.91 Å². The molecule has 1 aliphatic heterocycles. The Morgan fingerprint density at radius 2 is 1.97 bits per heavy atom. The Morgan fingerprint density at radius 1 is 1.20 bits per heavy atom. The zero-order valence-corrected chi connectivity index (χ0v) is 19.2. The smallest absolute Gasteiger partial charge is 0.233 e. The van der Waals surface area contributed by atoms with Crippen molar-refractivity contribution in [2.24, 2.45) is 0 Å². The highest BCUT2D eigenvalue weighted by Crippen LogP contribution is 2.31. The molecule has 2 fully saturated rings. The fraction of sp³-hybridized carbons (Fsp3) is 0.545. The summed E-state index contributed by atoms with van der Waals surface area (Å²) in [5.74, 6) is 0.606. The molecule has 1 amide bonds. The van der Waals surface area contributed by atoms with E-state index in [1.54, 1.807) is 6.20 Å². The summed E-state index contributed by atoms with van der Waals surface area (Å²) in [4.78, 5) is 19.6. The van der Waals surface area contributed by atoms with Gasteiger partial charge in [-0.3, -0.25) is 9.36 Å². The van der Waals surface area contributed by atoms with Crippen LogP contribution in [0.4, 0.5) is 0 Å². The van der Waals surface area contributed by atoms with Gasteiger partial charge in [-0.15, -0.1) is 0 Å². The van der Waals surface area contributed by atoms with Crippen LogP contribution in [-0.4, -0.2) is 58.1 Å². The molecule has 1 aliphatic carbocycles. The zero-order chi connectivity index (χ0) is 21.3. The second-order valence-corrected chi connectivity index (χ2v) is 11.6. The molecule has 1 aromatic heterocycles. The maximum absolute atomic E-state index is 13.3. The molecule has 8 heteroatoms. The highest BCUT2D eigenvalue weighted by Gasteiger charge is 2.38. The summed E-state index contributed by atoms with van der Waals surface area (Å²) in [6.07, 6.45) is 8.41. The van der Waals surface area contributed by atoms with Crippen LogP contribution >= 0.6 is 11.8 Å². The molecule has 0 N–H and O–H groups in total. The number of carbonyl (C=O) groups is 1. The van der Waals surface area contributed by atoms with E-state index < -0.39 is 9.84 Å². The number of hydrogen-bond acceptors (Lipinski definition) is 5. The Balaban J connectivity index is 1.50. The molecule has 1 saturated heterocycles. The fourth-order valence-corrected chi connectivity index (χ4v) is 7.29. The molecule has 2 aliphatic rings. The summed E-state index contributed by atoms with van der Waals surface area (Å²) in [5, 5.41) is 0.778. The van der Waals surface area contributed by atoms with Crippen molar-refractivity contribution in [2.45, 2.75) is 63.2 Å². The van der Waals surface area contributed by atoms with Crippen LogP contribution in [0.3, 0.4) is 0 Å². The average molecular weight is 448 g/mol. The van der Waals surface area contributed by atoms with E-state index in [-0.39, 0.29) is 35.2 Å². The van der Waals surface area contributed by atoms with Crippen molar-refractivity contribution in [3.05, 3.63) is 41.7 Å². The first kappa shape index (κ1) is 21.4. The first-order valence-corrected chi connectivity index (χ1v) is 13.4. The lowest BCUT2D eigenvalue weighted by Gasteiger charge is -2.34. The van der Waals surface area contributed by atoms with E-state index in [1.165, 1.54) is 17.3 Å². The van der Waals surface area contributed by atoms with E-state index in [1.807, 2.05) is 15.7 Å². The number of sulfone groups is 1. The number of imidazole rings is 1. The van der Waals surface area contributed by atoms with Gasteiger partial charge in [0.1, 0.15) is 0 Å². The summed E-state index contributed by atoms with van der Waals surface area (Å²) in [6, 6.07) is 6.29. The predicted molar refractivity (Wildman–Crippen MR) is 120 cm³/mol. The second-order valence-electron chi connectivity index (χ2n) is 8.45. The topological polar surface area (TPSA) is 72.3 Å². The van der Waals surface area contributed by atoms with Crippen LogP contribution in [-0.2, 0) is 14.6 Å². The van der Waals surface area contributed by atoms with Crippen LogP contribution in [0.15, 0.2) is 35.7 Å². The van der Waals surface area contributed by atoms with Crippen molar-refractivity contribution in [1.29, 1.82) is 0 Å². The largest absolute Gasteiger partial charge is 0.335 e. The number of rotatable bonds is 6. The van der Waals surface area contributed by atoms with Gasteiger partial charge in [0.15, 0.2) is 15.0 Å². The van der Waals surface area contributed by atoms with Crippen molar-refractivity contribution in [3.63, 3.8) is 0 Å². The molecule has 2 aromatic rings. The summed E-state index contributed by atoms with van der Waals surface area (Å²) < 4.78 is 26.1. The Labute approximate surface area is 183 Å². The fourth-order valence-electron chi connectivity index (χ4n) is 4.74. The van der Waals surface area contributed by atoms with Gasteiger partial charge in [0, 0.05) is 24.5 Å². The number of thioether (sulfide) groups is 1. The quantitative estimate of drug-likeness (QED) is 0.634. The standard InChI is InChI=1S/C22H29N3O3S2/c1-16-7-8-20(17(2)13-16)24-11-10-23-22(24)29-14-21(26)25(18-5-3-4-6-18)19-9-12-30(27,28)15-19/h7-8,10-11,13,18-19H,3-6,9,12,14-15H2,1-2H3. The molecule has 6 nitrogen and oxygen atoms in total. The number of aryl methyl sites for hydroxylation is 2. The van der Waals surface area contributed by atoms with Gasteiger partial charge in [0.25, 0.3) is 0 Å². The Morgan fingerprint density at radius 3 is 2.63 bits per heavy atom. The Bertz CT molecular complexity index is 1030. The summed E-state index contributed by atoms with van der Waals surface area (Å²) in [6.45, 7) is 4.14. The lowest BCUT2D eigenvalue weighted by Crippen LogP contribution is -2.47. The molecule has 1 unspecified atom stereocenters. The van der Waals surface area contributed by atoms with Gasteiger partial charge in [-0.1, -0.05) is 42.3 Å². The van der Waals surface area contributed by atoms with E-state index in [0.29, 0.717) is 6.42 Å². The van der Waals surface area contributed by atoms with Crippen LogP contribution in [0.1, 0.15) is 43.2 Å². The second kappa shape index (κ2) is 8.75. The predicted octanol–water partition coefficient (Wildman–Crippen LogP) is 3.54. The molecule has 4 rings (SSSR count). The van der Waals surface area contributed by atoms with Gasteiger partial charge < -0.3 is 4.90 Å². The maximum atomic E-state index is 13.3. The van der Waals surface area contributed by atoms with Crippen LogP contribution in [0, 0.1) is 13.8 Å². The van der Waals surface area contributed by atoms with E-state index in [4.69, 9.17) is 0 Å². The van der Waals surface area contributed by atoms with Crippen molar-refractivity contribution in [3.8, 4) is 5.69 Å². The minimum Gasteiger partial charge on any atom is -0.335 e. The molecule has 0 bridgehead atoms. The highest BCUT2D eigenvalue weighted by atomic mass is 32.2. The SMILES string of the molecule is Cc1ccc(-n2ccnc2SCC(=O)N(C2CCCC2)C2CCS(=O)(=O)C2)c(C)c1. The highest BCUT2D eigenvalue weighted by molar-refractivity contribution is 7.99. The molecule has 162 valence electrons. The van der Waals surface area contributed by atoms with Crippen LogP contribution in [0.25, 0.3) is 5.69 Å². The third kappa shape index (κ3) is 4.59. The molecule has 30 heavy (non-hydrogen) atoms. The molecule has 1 saturated carbocycles. The first-order chi connectivity index (χ1) is 14.3. The van der Waals surface area contributed by atoms with Crippen molar-refractivity contribution in [2.75, 3.05) is 17.3 Å². The van der Waals surface area contributed by atoms with Crippen LogP contribution < -0.4 is 0 Å². The van der Waals surface area contributed by atoms with Gasteiger partial charge in [-0.2, -0.15) is 0 Å². The minimum absolute atomic E-state index is 0.0316. The molecule has 0 radical (unpaired) electrons. The van der Waals surface area contributed by atoms with E-state index >= 15 is 0 Å². The lowest BCUT2D eigenvalue weighted by atomic mass is 10.1. The summed E-state index contributed by atoms with van der Waals surface area (Å²) in [5.41, 5.74) is 3.42. The minimum atomic E-state index is -3.03. The normalized spacial score (nSPS) is 21.2. The number of aromatic nitrogens is 2. The third-order valence-corrected chi connectivity index (χ3v) is 8.85. The number of nitrogens with zero attached hydrogens (tertiary/aromatic N) is 3. The summed E-state index contributed by atoms with van der Waals surface area (Å²) >= 11 is 1.43. The molecule has 2 heterocycles. The lowest BCUT2D eigenvalue weighted by molar-refractivity contribution is -0.132. The zero-order valence-electron chi connectivity index (χ0n) is 17.6. The van der Waals surface area contributed by atoms with E-state index in [0.717, 1.165) is 42.1 Å². The molecule has 1 atom stereocenters. The molecular formula is C22H29N3O3S2. The molecular weight excluding hydrogens is 418 g/mol. The monoisotopic (exact) mass is 447 g/mol. The molecule has 0 spiro atoms. The van der Waals surface area contributed by atoms with Gasteiger partial charge >= 0.3 is 0 Å². The average Bonchev–Trinajstić information content (AvgIpc) is 3.42. The van der Waals surface area contributed by atoms with Gasteiger partial charge in [-0.25, -0.2) is 13.4 Å². The van der Waals surface area contributed by atoms with Crippen LogP contribution in [0.2, 0.25) is 0 Å². The van der Waals surface area contributed by atoms with Gasteiger partial charge in [0.05, 0.1) is 22.9 Å². The molecule has 1 aromatic carbocycles. The van der Waals surface area contributed by atoms with E-state index in [2.05, 4.69) is 37.0 Å². The maximum Gasteiger partial charge on any atom is 0.233 e. The number of amides is 1. The third-order valence-electron chi connectivity index (χ3n) is 6.15. The number of hydrogen-bond donors (Lipinski definition) is 0. The Kier molecular flexibility index (Phi) is 6.25. The van der Waals surface area contributed by atoms with Gasteiger partial charge in [-0.05, 0) is 44.7 Å². The number of benzene rings is 1. The number of carbonyl (C=O) groups excluding carboxylic acids is 1. The Hall–Kier alpha value is -1.80.